The van der Waals surface area contributed by atoms with E-state index in [0.717, 1.165) is 16.7 Å². The normalized spacial score (nSPS) is 12.1. The number of primary amides is 1. The molecule has 0 bridgehead atoms. The molecule has 2 aromatic carbocycles. The van der Waals surface area contributed by atoms with Gasteiger partial charge in [-0.15, -0.1) is 0 Å². The Bertz CT molecular complexity index is 804. The quantitative estimate of drug-likeness (QED) is 0.915. The largest absolute Gasteiger partial charge is 0.369 e. The Morgan fingerprint density at radius 1 is 0.957 bits per heavy atom. The Hall–Kier alpha value is -2.14. The molecule has 23 heavy (non-hydrogen) atoms. The van der Waals surface area contributed by atoms with Crippen LogP contribution >= 0.6 is 0 Å². The molecule has 0 aliphatic rings. The van der Waals surface area contributed by atoms with Crippen molar-refractivity contribution >= 4 is 15.7 Å². The van der Waals surface area contributed by atoms with E-state index in [9.17, 15) is 13.2 Å². The predicted molar refractivity (Wildman–Crippen MR) is 91.7 cm³/mol. The Morgan fingerprint density at radius 3 is 1.78 bits per heavy atom. The third kappa shape index (κ3) is 4.20. The number of carbonyl (C=O) groups is 1. The molecular weight excluding hydrogens is 310 g/mol. The number of hydrogen-bond acceptors (Lipinski definition) is 3. The van der Waals surface area contributed by atoms with E-state index < -0.39 is 15.3 Å². The van der Waals surface area contributed by atoms with E-state index in [1.807, 2.05) is 38.1 Å². The summed E-state index contributed by atoms with van der Waals surface area (Å²) in [5.74, 6) is -0.321. The first kappa shape index (κ1) is 17.2. The van der Waals surface area contributed by atoms with Crippen LogP contribution in [0.2, 0.25) is 0 Å². The standard InChI is InChI=1S/C18H21NO3S/c1-18(2,17(19)20)12-13-4-6-14(7-5-13)15-8-10-16(11-9-15)23(3,21)22/h4-11H,12H2,1-3H3,(H2,19,20). The van der Waals surface area contributed by atoms with E-state index >= 15 is 0 Å². The molecule has 2 rings (SSSR count). The monoisotopic (exact) mass is 331 g/mol. The van der Waals surface area contributed by atoms with Gasteiger partial charge >= 0.3 is 0 Å². The Morgan fingerprint density at radius 2 is 1.39 bits per heavy atom. The van der Waals surface area contributed by atoms with Crippen LogP contribution in [-0.4, -0.2) is 20.6 Å². The van der Waals surface area contributed by atoms with Gasteiger partial charge in [-0.05, 0) is 35.2 Å². The van der Waals surface area contributed by atoms with Gasteiger partial charge in [0, 0.05) is 11.7 Å². The van der Waals surface area contributed by atoms with Gasteiger partial charge in [0.25, 0.3) is 0 Å². The van der Waals surface area contributed by atoms with Crippen LogP contribution in [0.15, 0.2) is 53.4 Å². The molecule has 0 aliphatic heterocycles. The highest BCUT2D eigenvalue weighted by molar-refractivity contribution is 7.90. The molecular formula is C18H21NO3S. The summed E-state index contributed by atoms with van der Waals surface area (Å²) >= 11 is 0. The minimum Gasteiger partial charge on any atom is -0.369 e. The number of sulfone groups is 1. The fourth-order valence-electron chi connectivity index (χ4n) is 2.31. The molecule has 0 fully saturated rings. The van der Waals surface area contributed by atoms with Crippen molar-refractivity contribution < 1.29 is 13.2 Å². The van der Waals surface area contributed by atoms with E-state index in [0.29, 0.717) is 11.3 Å². The first-order chi connectivity index (χ1) is 10.6. The predicted octanol–water partition coefficient (Wildman–Crippen LogP) is 2.81. The van der Waals surface area contributed by atoms with Crippen LogP contribution < -0.4 is 5.73 Å². The maximum atomic E-state index is 11.5. The third-order valence-corrected chi connectivity index (χ3v) is 5.01. The maximum absolute atomic E-state index is 11.5. The van der Waals surface area contributed by atoms with Crippen LogP contribution in [0.1, 0.15) is 19.4 Å². The first-order valence-electron chi connectivity index (χ1n) is 7.29. The third-order valence-electron chi connectivity index (χ3n) is 3.88. The van der Waals surface area contributed by atoms with Crippen molar-refractivity contribution in [3.63, 3.8) is 0 Å². The van der Waals surface area contributed by atoms with Gasteiger partial charge in [-0.2, -0.15) is 0 Å². The van der Waals surface area contributed by atoms with Crippen molar-refractivity contribution in [3.8, 4) is 11.1 Å². The number of carbonyl (C=O) groups excluding carboxylic acids is 1. The molecule has 0 aromatic heterocycles. The van der Waals surface area contributed by atoms with Crippen molar-refractivity contribution in [3.05, 3.63) is 54.1 Å². The number of hydrogen-bond donors (Lipinski definition) is 1. The summed E-state index contributed by atoms with van der Waals surface area (Å²) in [5.41, 5.74) is 7.78. The number of amides is 1. The van der Waals surface area contributed by atoms with Gasteiger partial charge in [0.05, 0.1) is 4.90 Å². The van der Waals surface area contributed by atoms with Gasteiger partial charge in [-0.25, -0.2) is 8.42 Å². The van der Waals surface area contributed by atoms with Crippen LogP contribution in [0.4, 0.5) is 0 Å². The van der Waals surface area contributed by atoms with Gasteiger partial charge in [0.2, 0.25) is 5.91 Å². The molecule has 0 aliphatic carbocycles. The summed E-state index contributed by atoms with van der Waals surface area (Å²) in [6, 6.07) is 14.6. The summed E-state index contributed by atoms with van der Waals surface area (Å²) in [7, 11) is -3.18. The molecule has 0 radical (unpaired) electrons. The SMILES string of the molecule is CC(C)(Cc1ccc(-c2ccc(S(C)(=O)=O)cc2)cc1)C(N)=O. The lowest BCUT2D eigenvalue weighted by molar-refractivity contribution is -0.125. The number of benzene rings is 2. The maximum Gasteiger partial charge on any atom is 0.223 e. The summed E-state index contributed by atoms with van der Waals surface area (Å²) in [5, 5.41) is 0. The topological polar surface area (TPSA) is 77.2 Å². The minimum atomic E-state index is -3.18. The summed E-state index contributed by atoms with van der Waals surface area (Å²) < 4.78 is 23.0. The molecule has 0 unspecified atom stereocenters. The van der Waals surface area contributed by atoms with Gasteiger partial charge in [-0.3, -0.25) is 4.79 Å². The number of rotatable bonds is 5. The molecule has 0 heterocycles. The highest BCUT2D eigenvalue weighted by atomic mass is 32.2. The average molecular weight is 331 g/mol. The van der Waals surface area contributed by atoms with Crippen LogP contribution in [0.3, 0.4) is 0 Å². The highest BCUT2D eigenvalue weighted by Crippen LogP contribution is 2.25. The fourth-order valence-corrected chi connectivity index (χ4v) is 2.94. The van der Waals surface area contributed by atoms with Gasteiger partial charge in [0.1, 0.15) is 0 Å². The van der Waals surface area contributed by atoms with Crippen molar-refractivity contribution in [2.24, 2.45) is 11.1 Å². The molecule has 0 atom stereocenters. The summed E-state index contributed by atoms with van der Waals surface area (Å²) in [6.45, 7) is 3.65. The lowest BCUT2D eigenvalue weighted by Crippen LogP contribution is -2.33. The summed E-state index contributed by atoms with van der Waals surface area (Å²) in [6.07, 6.45) is 1.77. The molecule has 0 saturated heterocycles. The van der Waals surface area contributed by atoms with Crippen molar-refractivity contribution in [2.75, 3.05) is 6.26 Å². The smallest absolute Gasteiger partial charge is 0.223 e. The molecule has 2 aromatic rings. The Balaban J connectivity index is 2.21. The fraction of sp³-hybridized carbons (Fsp3) is 0.278. The number of nitrogens with two attached hydrogens (primary N) is 1. The van der Waals surface area contributed by atoms with E-state index in [1.165, 1.54) is 6.26 Å². The lowest BCUT2D eigenvalue weighted by atomic mass is 9.85. The van der Waals surface area contributed by atoms with Crippen molar-refractivity contribution in [1.82, 2.24) is 0 Å². The van der Waals surface area contributed by atoms with Gasteiger partial charge < -0.3 is 5.73 Å². The first-order valence-corrected chi connectivity index (χ1v) is 9.18. The van der Waals surface area contributed by atoms with E-state index in [-0.39, 0.29) is 5.91 Å². The van der Waals surface area contributed by atoms with Gasteiger partial charge in [-0.1, -0.05) is 50.2 Å². The lowest BCUT2D eigenvalue weighted by Gasteiger charge is -2.20. The zero-order chi connectivity index (χ0) is 17.3. The van der Waals surface area contributed by atoms with Crippen LogP contribution in [0.5, 0.6) is 0 Å². The highest BCUT2D eigenvalue weighted by Gasteiger charge is 2.25. The molecule has 1 amide bonds. The van der Waals surface area contributed by atoms with Gasteiger partial charge in [0.15, 0.2) is 9.84 Å². The van der Waals surface area contributed by atoms with Crippen LogP contribution in [0.25, 0.3) is 11.1 Å². The van der Waals surface area contributed by atoms with E-state index in [1.54, 1.807) is 24.3 Å². The second-order valence-corrected chi connectivity index (χ2v) is 8.43. The van der Waals surface area contributed by atoms with Crippen molar-refractivity contribution in [2.45, 2.75) is 25.2 Å². The molecule has 0 spiro atoms. The Labute approximate surface area is 137 Å². The van der Waals surface area contributed by atoms with E-state index in [4.69, 9.17) is 5.73 Å². The second kappa shape index (κ2) is 6.16. The minimum absolute atomic E-state index is 0.307. The average Bonchev–Trinajstić information content (AvgIpc) is 2.47. The Kier molecular flexibility index (Phi) is 4.61. The van der Waals surface area contributed by atoms with E-state index in [2.05, 4.69) is 0 Å². The molecule has 122 valence electrons. The van der Waals surface area contributed by atoms with Crippen LogP contribution in [0, 0.1) is 5.41 Å². The molecule has 4 nitrogen and oxygen atoms in total. The summed E-state index contributed by atoms with van der Waals surface area (Å²) in [4.78, 5) is 11.7. The second-order valence-electron chi connectivity index (χ2n) is 6.42. The molecule has 5 heteroatoms. The zero-order valence-corrected chi connectivity index (χ0v) is 14.4. The molecule has 2 N–H and O–H groups in total. The zero-order valence-electron chi connectivity index (χ0n) is 13.5. The molecule has 0 saturated carbocycles. The van der Waals surface area contributed by atoms with Crippen LogP contribution in [-0.2, 0) is 21.1 Å². The van der Waals surface area contributed by atoms with Crippen molar-refractivity contribution in [1.29, 1.82) is 0 Å².